The fourth-order valence-corrected chi connectivity index (χ4v) is 12.1. The summed E-state index contributed by atoms with van der Waals surface area (Å²) in [4.78, 5) is 120. The third-order valence-electron chi connectivity index (χ3n) is 17.6. The quantitative estimate of drug-likeness (QED) is 0.0786. The van der Waals surface area contributed by atoms with E-state index >= 15 is 0 Å². The predicted molar refractivity (Wildman–Crippen MR) is 420 cm³/mol. The normalized spacial score (nSPS) is 16.3. The van der Waals surface area contributed by atoms with Gasteiger partial charge in [-0.05, 0) is 251 Å². The molecular formula is C79H108BBr2N9O19. The topological polar surface area (TPSA) is 338 Å². The standard InChI is InChI=1S/C17H24N2O4.C17H22N2O4.C16H28BNO4.C16H24N2O3.C7H6BrNO2.C6H4BrNO2/c2*1-17(2,3)23-16(21)19-9-6-12(7-10-19)14-11-18-8-5-13(14)15(20)22-4;1-14(2,3)20-13(19)18-10-8-12(9-11-18)17-21-15(4,5)16(6,7)22-17;1-16(2,3)21-15(20)18-8-5-12(6-9-18)14-10-17-7-4-13(14)11-19;1-11-7(10)5-2-3-9-4-6(5)8;7-5-3-8-2-1-4(5)6(9)10/h5,8,11-12H,6-7,9-10H2,1-4H3;5-6,8,11H,7,9-10H2,1-4H3;8H,9-11H2,1-7H3;4,7,10,12,19H,5-6,8-9,11H2,1-3H3;2-4H,1H3;1-3H,(H,9,10). The van der Waals surface area contributed by atoms with Crippen molar-refractivity contribution in [2.45, 2.75) is 201 Å². The number of carbonyl (C=O) groups excluding carboxylic acids is 7. The number of esters is 3. The summed E-state index contributed by atoms with van der Waals surface area (Å²) in [5.74, 6) is -1.51. The number of amides is 4. The van der Waals surface area contributed by atoms with Crippen LogP contribution in [0.1, 0.15) is 225 Å². The molecule has 0 atom stereocenters. The summed E-state index contributed by atoms with van der Waals surface area (Å²) < 4.78 is 49.0. The van der Waals surface area contributed by atoms with Crippen molar-refractivity contribution in [2.24, 2.45) is 0 Å². The molecule has 4 amide bonds. The highest BCUT2D eigenvalue weighted by Gasteiger charge is 2.52. The summed E-state index contributed by atoms with van der Waals surface area (Å²) in [6.07, 6.45) is 23.5. The van der Waals surface area contributed by atoms with Crippen LogP contribution in [-0.4, -0.2) is 217 Å². The maximum absolute atomic E-state index is 12.1. The molecule has 0 radical (unpaired) electrons. The van der Waals surface area contributed by atoms with E-state index in [4.69, 9.17) is 42.8 Å². The Labute approximate surface area is 663 Å². The van der Waals surface area contributed by atoms with Crippen LogP contribution in [0.5, 0.6) is 0 Å². The Kier molecular flexibility index (Phi) is 34.5. The van der Waals surface area contributed by atoms with Crippen LogP contribution in [0, 0.1) is 0 Å². The molecule has 10 rings (SSSR count). The van der Waals surface area contributed by atoms with Gasteiger partial charge in [0.1, 0.15) is 22.4 Å². The van der Waals surface area contributed by atoms with Gasteiger partial charge in [0.2, 0.25) is 0 Å². The van der Waals surface area contributed by atoms with Crippen LogP contribution >= 0.6 is 31.9 Å². The molecule has 28 nitrogen and oxygen atoms in total. The van der Waals surface area contributed by atoms with Crippen molar-refractivity contribution >= 4 is 92.8 Å². The first-order valence-electron chi connectivity index (χ1n) is 36.2. The minimum Gasteiger partial charge on any atom is -0.478 e. The van der Waals surface area contributed by atoms with E-state index in [9.17, 15) is 43.5 Å². The first-order valence-corrected chi connectivity index (χ1v) is 37.7. The molecule has 0 aromatic carbocycles. The number of ether oxygens (including phenoxy) is 7. The lowest BCUT2D eigenvalue weighted by Crippen LogP contribution is -2.41. The molecule has 5 aliphatic rings. The molecule has 5 aromatic heterocycles. The fraction of sp³-hybridized carbons (Fsp3) is 0.532. The number of likely N-dealkylation sites (tertiary alicyclic amines) is 2. The van der Waals surface area contributed by atoms with Gasteiger partial charge >= 0.3 is 55.4 Å². The van der Waals surface area contributed by atoms with Crippen LogP contribution in [-0.2, 0) is 49.1 Å². The number of aromatic carboxylic acids is 1. The summed E-state index contributed by atoms with van der Waals surface area (Å²) in [6.45, 7) is 35.3. The molecule has 0 saturated carbocycles. The van der Waals surface area contributed by atoms with Crippen LogP contribution in [0.3, 0.4) is 0 Å². The molecule has 2 N–H and O–H groups in total. The molecular weight excluding hydrogens is 1550 g/mol. The Morgan fingerprint density at radius 3 is 1.21 bits per heavy atom. The fourth-order valence-electron chi connectivity index (χ4n) is 11.3. The van der Waals surface area contributed by atoms with E-state index in [2.05, 4.69) is 61.5 Å². The van der Waals surface area contributed by atoms with Gasteiger partial charge in [-0.2, -0.15) is 0 Å². The van der Waals surface area contributed by atoms with Crippen molar-refractivity contribution in [1.29, 1.82) is 0 Å². The molecule has 110 heavy (non-hydrogen) atoms. The van der Waals surface area contributed by atoms with Gasteiger partial charge in [-0.15, -0.1) is 0 Å². The van der Waals surface area contributed by atoms with E-state index in [1.807, 2.05) is 135 Å². The van der Waals surface area contributed by atoms with Gasteiger partial charge in [0.25, 0.3) is 0 Å². The lowest BCUT2D eigenvalue weighted by Gasteiger charge is -2.34. The number of rotatable bonds is 9. The van der Waals surface area contributed by atoms with Crippen LogP contribution in [0.25, 0.3) is 5.57 Å². The molecule has 5 aromatic rings. The summed E-state index contributed by atoms with van der Waals surface area (Å²) in [6, 6.07) is 8.21. The number of methoxy groups -OCH3 is 3. The zero-order chi connectivity index (χ0) is 82.1. The summed E-state index contributed by atoms with van der Waals surface area (Å²) in [7, 11) is 3.75. The highest BCUT2D eigenvalue weighted by molar-refractivity contribution is 9.10. The zero-order valence-electron chi connectivity index (χ0n) is 66.8. The number of piperidine rings is 2. The van der Waals surface area contributed by atoms with Crippen molar-refractivity contribution in [3.8, 4) is 0 Å². The second-order valence-corrected chi connectivity index (χ2v) is 32.7. The Morgan fingerprint density at radius 2 is 0.827 bits per heavy atom. The number of aromatic nitrogens is 5. The molecule has 0 unspecified atom stereocenters. The lowest BCUT2D eigenvalue weighted by atomic mass is 9.75. The van der Waals surface area contributed by atoms with Gasteiger partial charge in [0.15, 0.2) is 0 Å². The molecule has 600 valence electrons. The first-order chi connectivity index (χ1) is 51.4. The van der Waals surface area contributed by atoms with E-state index < -0.39 is 34.3 Å². The number of nitrogens with zero attached hydrogens (tertiary/aromatic N) is 9. The Hall–Kier alpha value is -8.91. The SMILES string of the molecule is CC(C)(C)OC(=O)N1CC=C(B2OC(C)(C)C(C)(C)O2)CC1.CC(C)(C)OC(=O)N1CCC(c2cnccc2CO)CC1.COC(=O)c1ccncc1Br.COC(=O)c1ccncc1C1=CCN(C(=O)OC(C)(C)C)CC1.COC(=O)c1ccncc1C1CCN(C(=O)OC(C)(C)C)CC1.O=C(O)c1ccncc1Br. The Balaban J connectivity index is 0.000000242. The smallest absolute Gasteiger partial charge is 0.478 e. The van der Waals surface area contributed by atoms with E-state index in [-0.39, 0.29) is 72.7 Å². The number of carbonyl (C=O) groups is 8. The van der Waals surface area contributed by atoms with Gasteiger partial charge in [-0.25, -0.2) is 38.4 Å². The molecule has 5 aliphatic heterocycles. The average Bonchev–Trinajstić information content (AvgIpc) is 1.62. The van der Waals surface area contributed by atoms with Crippen molar-refractivity contribution in [3.05, 3.63) is 163 Å². The molecule has 31 heteroatoms. The number of carboxylic acids is 1. The second-order valence-electron chi connectivity index (χ2n) is 31.0. The minimum atomic E-state index is -0.950. The second kappa shape index (κ2) is 41.4. The molecule has 0 bridgehead atoms. The van der Waals surface area contributed by atoms with Crippen molar-refractivity contribution < 1.29 is 91.0 Å². The van der Waals surface area contributed by atoms with E-state index in [1.165, 1.54) is 46.0 Å². The van der Waals surface area contributed by atoms with Crippen LogP contribution in [0.2, 0.25) is 0 Å². The highest BCUT2D eigenvalue weighted by atomic mass is 79.9. The van der Waals surface area contributed by atoms with Crippen LogP contribution < -0.4 is 0 Å². The molecule has 3 fully saturated rings. The summed E-state index contributed by atoms with van der Waals surface area (Å²) in [5.41, 5.74) is 4.94. The maximum Gasteiger partial charge on any atom is 0.490 e. The van der Waals surface area contributed by atoms with Gasteiger partial charge in [0, 0.05) is 120 Å². The van der Waals surface area contributed by atoms with Gasteiger partial charge in [-0.3, -0.25) is 24.9 Å². The summed E-state index contributed by atoms with van der Waals surface area (Å²) in [5, 5.41) is 17.9. The third-order valence-corrected chi connectivity index (χ3v) is 18.9. The maximum atomic E-state index is 12.1. The van der Waals surface area contributed by atoms with Crippen LogP contribution in [0.15, 0.2) is 119 Å². The number of hydrogen-bond acceptors (Lipinski definition) is 23. The summed E-state index contributed by atoms with van der Waals surface area (Å²) >= 11 is 6.23. The number of aliphatic hydroxyl groups is 1. The van der Waals surface area contributed by atoms with Crippen molar-refractivity contribution in [3.63, 3.8) is 0 Å². The highest BCUT2D eigenvalue weighted by Crippen LogP contribution is 2.40. The molecule has 3 saturated heterocycles. The van der Waals surface area contributed by atoms with E-state index in [0.29, 0.717) is 90.3 Å². The zero-order valence-corrected chi connectivity index (χ0v) is 69.9. The van der Waals surface area contributed by atoms with Gasteiger partial charge in [0.05, 0.1) is 70.3 Å². The number of halogens is 2. The van der Waals surface area contributed by atoms with Crippen LogP contribution in [0.4, 0.5) is 19.2 Å². The van der Waals surface area contributed by atoms with E-state index in [0.717, 1.165) is 65.4 Å². The monoisotopic (exact) mass is 1660 g/mol. The number of carboxylic acid groups (broad SMARTS) is 1. The Morgan fingerprint density at radius 1 is 0.473 bits per heavy atom. The Bertz CT molecular complexity index is 3990. The van der Waals surface area contributed by atoms with Gasteiger partial charge < -0.3 is 72.3 Å². The first kappa shape index (κ1) is 91.7. The third kappa shape index (κ3) is 29.1. The molecule has 0 aliphatic carbocycles. The molecule has 0 spiro atoms. The average molecular weight is 1660 g/mol. The predicted octanol–water partition coefficient (Wildman–Crippen LogP) is 14.9. The number of pyridine rings is 5. The van der Waals surface area contributed by atoms with Crippen molar-refractivity contribution in [2.75, 3.05) is 73.7 Å². The molecule has 10 heterocycles. The van der Waals surface area contributed by atoms with Crippen molar-refractivity contribution in [1.82, 2.24) is 44.5 Å². The lowest BCUT2D eigenvalue weighted by molar-refractivity contribution is 0.00578. The van der Waals surface area contributed by atoms with E-state index in [1.54, 1.807) is 75.0 Å². The number of hydrogen-bond donors (Lipinski definition) is 2. The van der Waals surface area contributed by atoms with Gasteiger partial charge in [-0.1, -0.05) is 12.2 Å². The largest absolute Gasteiger partial charge is 0.490 e. The minimum absolute atomic E-state index is 0.0319. The number of aliphatic hydroxyl groups excluding tert-OH is 1.